The Kier molecular flexibility index (Phi) is 4.38. The summed E-state index contributed by atoms with van der Waals surface area (Å²) in [6, 6.07) is 6.06. The van der Waals surface area contributed by atoms with Gasteiger partial charge in [0, 0.05) is 41.0 Å². The van der Waals surface area contributed by atoms with Gasteiger partial charge in [-0.25, -0.2) is 0 Å². The second kappa shape index (κ2) is 5.57. The Balaban J connectivity index is 2.64. The Labute approximate surface area is 89.9 Å². The zero-order valence-corrected chi connectivity index (χ0v) is 8.90. The molecule has 0 aliphatic carbocycles. The molecule has 0 aromatic heterocycles. The van der Waals surface area contributed by atoms with Crippen LogP contribution in [0.1, 0.15) is 5.56 Å². The lowest BCUT2D eigenvalue weighted by atomic mass is 10.2. The van der Waals surface area contributed by atoms with Gasteiger partial charge in [0.25, 0.3) is 5.69 Å². The zero-order valence-electron chi connectivity index (χ0n) is 8.09. The van der Waals surface area contributed by atoms with Crippen LogP contribution in [0.25, 0.3) is 0 Å². The highest BCUT2D eigenvalue weighted by Crippen LogP contribution is 2.12. The summed E-state index contributed by atoms with van der Waals surface area (Å²) in [5.41, 5.74) is 6.14. The maximum Gasteiger partial charge on any atom is 0.269 e. The fourth-order valence-corrected chi connectivity index (χ4v) is 2.07. The molecule has 0 saturated heterocycles. The van der Waals surface area contributed by atoms with Crippen molar-refractivity contribution in [3.8, 4) is 0 Å². The second-order valence-corrected chi connectivity index (χ2v) is 4.58. The van der Waals surface area contributed by atoms with Crippen LogP contribution in [0, 0.1) is 10.1 Å². The number of hydrogen-bond acceptors (Lipinski definition) is 4. The summed E-state index contributed by atoms with van der Waals surface area (Å²) in [7, 11) is -0.983. The molecule has 1 aromatic rings. The van der Waals surface area contributed by atoms with Gasteiger partial charge in [0.2, 0.25) is 0 Å². The molecule has 0 bridgehead atoms. The molecule has 0 saturated carbocycles. The van der Waals surface area contributed by atoms with E-state index in [2.05, 4.69) is 0 Å². The van der Waals surface area contributed by atoms with E-state index < -0.39 is 15.7 Å². The van der Waals surface area contributed by atoms with Crippen molar-refractivity contribution in [1.29, 1.82) is 0 Å². The highest BCUT2D eigenvalue weighted by Gasteiger charge is 2.05. The molecule has 0 fully saturated rings. The highest BCUT2D eigenvalue weighted by atomic mass is 32.2. The lowest BCUT2D eigenvalue weighted by Gasteiger charge is -2.00. The molecular formula is C9H12N2O3S. The molecule has 15 heavy (non-hydrogen) atoms. The molecule has 1 unspecified atom stereocenters. The van der Waals surface area contributed by atoms with E-state index >= 15 is 0 Å². The summed E-state index contributed by atoms with van der Waals surface area (Å²) in [6.45, 7) is 0.388. The third kappa shape index (κ3) is 3.77. The number of hydrogen-bond donors (Lipinski definition) is 1. The Morgan fingerprint density at radius 2 is 1.93 bits per heavy atom. The minimum absolute atomic E-state index is 0.0448. The molecule has 1 aromatic carbocycles. The van der Waals surface area contributed by atoms with Gasteiger partial charge in [0.05, 0.1) is 4.92 Å². The number of nitro groups is 1. The van der Waals surface area contributed by atoms with Gasteiger partial charge in [-0.05, 0) is 5.56 Å². The van der Waals surface area contributed by atoms with Gasteiger partial charge in [0.1, 0.15) is 0 Å². The van der Waals surface area contributed by atoms with Crippen LogP contribution >= 0.6 is 0 Å². The topological polar surface area (TPSA) is 86.2 Å². The van der Waals surface area contributed by atoms with Crippen LogP contribution in [0.4, 0.5) is 5.69 Å². The minimum atomic E-state index is -0.983. The number of benzene rings is 1. The third-order valence-corrected chi connectivity index (χ3v) is 3.17. The average Bonchev–Trinajstić information content (AvgIpc) is 2.18. The summed E-state index contributed by atoms with van der Waals surface area (Å²) >= 11 is 0. The summed E-state index contributed by atoms with van der Waals surface area (Å²) in [5, 5.41) is 10.4. The Morgan fingerprint density at radius 1 is 1.33 bits per heavy atom. The van der Waals surface area contributed by atoms with Crippen molar-refractivity contribution >= 4 is 16.5 Å². The van der Waals surface area contributed by atoms with E-state index in [1.165, 1.54) is 12.1 Å². The first-order valence-corrected chi connectivity index (χ1v) is 5.90. The van der Waals surface area contributed by atoms with Crippen molar-refractivity contribution in [2.24, 2.45) is 5.73 Å². The van der Waals surface area contributed by atoms with E-state index in [0.29, 0.717) is 18.1 Å². The van der Waals surface area contributed by atoms with Gasteiger partial charge in [-0.2, -0.15) is 0 Å². The SMILES string of the molecule is NCCS(=O)Cc1ccc([N+](=O)[O-])cc1. The molecule has 1 rings (SSSR count). The molecule has 0 amide bonds. The van der Waals surface area contributed by atoms with E-state index in [-0.39, 0.29) is 5.69 Å². The van der Waals surface area contributed by atoms with Crippen molar-refractivity contribution in [3.63, 3.8) is 0 Å². The Bertz CT molecular complexity index is 364. The molecule has 0 heterocycles. The van der Waals surface area contributed by atoms with E-state index in [0.717, 1.165) is 5.56 Å². The third-order valence-electron chi connectivity index (χ3n) is 1.82. The van der Waals surface area contributed by atoms with E-state index in [1.807, 2.05) is 0 Å². The molecule has 6 heteroatoms. The Morgan fingerprint density at radius 3 is 2.40 bits per heavy atom. The number of non-ortho nitro benzene ring substituents is 1. The molecule has 2 N–H and O–H groups in total. The van der Waals surface area contributed by atoms with Gasteiger partial charge in [-0.1, -0.05) is 12.1 Å². The van der Waals surface area contributed by atoms with E-state index in [1.54, 1.807) is 12.1 Å². The number of rotatable bonds is 5. The maximum atomic E-state index is 11.3. The Hall–Kier alpha value is -1.27. The van der Waals surface area contributed by atoms with Crippen LogP contribution in [0.15, 0.2) is 24.3 Å². The fourth-order valence-electron chi connectivity index (χ4n) is 1.10. The highest BCUT2D eigenvalue weighted by molar-refractivity contribution is 7.84. The molecule has 82 valence electrons. The predicted molar refractivity (Wildman–Crippen MR) is 58.9 cm³/mol. The molecule has 0 aliphatic rings. The van der Waals surface area contributed by atoms with Crippen molar-refractivity contribution in [1.82, 2.24) is 0 Å². The maximum absolute atomic E-state index is 11.3. The summed E-state index contributed by atoms with van der Waals surface area (Å²) in [4.78, 5) is 9.91. The van der Waals surface area contributed by atoms with Gasteiger partial charge >= 0.3 is 0 Å². The zero-order chi connectivity index (χ0) is 11.3. The van der Waals surface area contributed by atoms with Crippen molar-refractivity contribution in [2.75, 3.05) is 12.3 Å². The van der Waals surface area contributed by atoms with Crippen LogP contribution in [-0.4, -0.2) is 21.4 Å². The minimum Gasteiger partial charge on any atom is -0.330 e. The quantitative estimate of drug-likeness (QED) is 0.596. The van der Waals surface area contributed by atoms with Gasteiger partial charge in [-0.3, -0.25) is 14.3 Å². The number of nitrogens with two attached hydrogens (primary N) is 1. The number of nitro benzene ring substituents is 1. The van der Waals surface area contributed by atoms with Crippen molar-refractivity contribution in [3.05, 3.63) is 39.9 Å². The molecule has 0 spiro atoms. The lowest BCUT2D eigenvalue weighted by Crippen LogP contribution is -2.11. The van der Waals surface area contributed by atoms with Gasteiger partial charge in [-0.15, -0.1) is 0 Å². The average molecular weight is 228 g/mol. The first kappa shape index (κ1) is 11.8. The second-order valence-electron chi connectivity index (χ2n) is 3.00. The van der Waals surface area contributed by atoms with Gasteiger partial charge in [0.15, 0.2) is 0 Å². The predicted octanol–water partition coefficient (Wildman–Crippen LogP) is 0.802. The molecular weight excluding hydrogens is 216 g/mol. The normalized spacial score (nSPS) is 12.3. The fraction of sp³-hybridized carbons (Fsp3) is 0.333. The van der Waals surface area contributed by atoms with Crippen LogP contribution in [0.3, 0.4) is 0 Å². The number of nitrogens with zero attached hydrogens (tertiary/aromatic N) is 1. The smallest absolute Gasteiger partial charge is 0.269 e. The summed E-state index contributed by atoms with van der Waals surface area (Å²) in [6.07, 6.45) is 0. The van der Waals surface area contributed by atoms with E-state index in [9.17, 15) is 14.3 Å². The van der Waals surface area contributed by atoms with Crippen LogP contribution in [0.2, 0.25) is 0 Å². The standard InChI is InChI=1S/C9H12N2O3S/c10-5-6-15(14)7-8-1-3-9(4-2-8)11(12)13/h1-4H,5-7,10H2. The van der Waals surface area contributed by atoms with Crippen LogP contribution in [-0.2, 0) is 16.6 Å². The van der Waals surface area contributed by atoms with E-state index in [4.69, 9.17) is 5.73 Å². The molecule has 5 nitrogen and oxygen atoms in total. The summed E-state index contributed by atoms with van der Waals surface area (Å²) in [5.74, 6) is 0.853. The first-order chi connectivity index (χ1) is 7.13. The largest absolute Gasteiger partial charge is 0.330 e. The van der Waals surface area contributed by atoms with Crippen LogP contribution < -0.4 is 5.73 Å². The molecule has 0 radical (unpaired) electrons. The lowest BCUT2D eigenvalue weighted by molar-refractivity contribution is -0.384. The first-order valence-electron chi connectivity index (χ1n) is 4.42. The van der Waals surface area contributed by atoms with Crippen molar-refractivity contribution in [2.45, 2.75) is 5.75 Å². The monoisotopic (exact) mass is 228 g/mol. The molecule has 0 aliphatic heterocycles. The van der Waals surface area contributed by atoms with Crippen LogP contribution in [0.5, 0.6) is 0 Å². The molecule has 1 atom stereocenters. The van der Waals surface area contributed by atoms with Gasteiger partial charge < -0.3 is 5.73 Å². The van der Waals surface area contributed by atoms with Crippen molar-refractivity contribution < 1.29 is 9.13 Å². The summed E-state index contributed by atoms with van der Waals surface area (Å²) < 4.78 is 11.3.